The molecular weight excluding hydrogens is 340 g/mol. The SMILES string of the molecule is Fc1ccc(NCc2cc(Cl)ccc2Br)c(Cl)c1. The maximum Gasteiger partial charge on any atom is 0.124 e. The molecule has 0 saturated heterocycles. The quantitative estimate of drug-likeness (QED) is 0.771. The van der Waals surface area contributed by atoms with Gasteiger partial charge in [-0.1, -0.05) is 39.1 Å². The number of nitrogens with one attached hydrogen (secondary N) is 1. The van der Waals surface area contributed by atoms with E-state index >= 15 is 0 Å². The Balaban J connectivity index is 2.13. The summed E-state index contributed by atoms with van der Waals surface area (Å²) < 4.78 is 13.8. The van der Waals surface area contributed by atoms with Crippen molar-refractivity contribution in [1.82, 2.24) is 0 Å². The van der Waals surface area contributed by atoms with Gasteiger partial charge in [0.25, 0.3) is 0 Å². The van der Waals surface area contributed by atoms with Crippen LogP contribution in [0.4, 0.5) is 10.1 Å². The first-order valence-corrected chi connectivity index (χ1v) is 6.74. The smallest absolute Gasteiger partial charge is 0.124 e. The molecule has 0 heterocycles. The van der Waals surface area contributed by atoms with Gasteiger partial charge in [0.1, 0.15) is 5.82 Å². The van der Waals surface area contributed by atoms with E-state index in [0.29, 0.717) is 22.3 Å². The molecule has 1 N–H and O–H groups in total. The van der Waals surface area contributed by atoms with Crippen LogP contribution in [0.2, 0.25) is 10.0 Å². The second-order valence-corrected chi connectivity index (χ2v) is 5.41. The minimum absolute atomic E-state index is 0.352. The maximum absolute atomic E-state index is 12.9. The fourth-order valence-electron chi connectivity index (χ4n) is 1.50. The van der Waals surface area contributed by atoms with E-state index in [1.807, 2.05) is 12.1 Å². The van der Waals surface area contributed by atoms with Gasteiger partial charge in [-0.05, 0) is 42.0 Å². The molecule has 2 aromatic carbocycles. The summed E-state index contributed by atoms with van der Waals surface area (Å²) in [6, 6.07) is 9.79. The molecule has 2 rings (SSSR count). The van der Waals surface area contributed by atoms with Gasteiger partial charge >= 0.3 is 0 Å². The lowest BCUT2D eigenvalue weighted by atomic mass is 10.2. The topological polar surface area (TPSA) is 12.0 Å². The van der Waals surface area contributed by atoms with E-state index in [1.54, 1.807) is 12.1 Å². The summed E-state index contributed by atoms with van der Waals surface area (Å²) in [6.45, 7) is 0.548. The fourth-order valence-corrected chi connectivity index (χ4v) is 2.32. The molecule has 1 nitrogen and oxygen atoms in total. The molecule has 0 aliphatic rings. The molecule has 0 bridgehead atoms. The maximum atomic E-state index is 12.9. The van der Waals surface area contributed by atoms with E-state index in [4.69, 9.17) is 23.2 Å². The molecule has 0 aromatic heterocycles. The van der Waals surface area contributed by atoms with Gasteiger partial charge in [-0.15, -0.1) is 0 Å². The minimum atomic E-state index is -0.352. The monoisotopic (exact) mass is 347 g/mol. The Morgan fingerprint density at radius 1 is 1.11 bits per heavy atom. The van der Waals surface area contributed by atoms with Gasteiger partial charge in [0.05, 0.1) is 10.7 Å². The summed E-state index contributed by atoms with van der Waals surface area (Å²) in [5.74, 6) is -0.352. The predicted octanol–water partition coefficient (Wildman–Crippen LogP) is 5.51. The molecule has 5 heteroatoms. The van der Waals surface area contributed by atoms with Crippen molar-refractivity contribution >= 4 is 44.8 Å². The second kappa shape index (κ2) is 5.91. The summed E-state index contributed by atoms with van der Waals surface area (Å²) in [6.07, 6.45) is 0. The van der Waals surface area contributed by atoms with E-state index in [0.717, 1.165) is 10.0 Å². The Labute approximate surface area is 123 Å². The lowest BCUT2D eigenvalue weighted by Crippen LogP contribution is -2.01. The van der Waals surface area contributed by atoms with Gasteiger partial charge in [0, 0.05) is 16.0 Å². The van der Waals surface area contributed by atoms with E-state index in [9.17, 15) is 4.39 Å². The normalized spacial score (nSPS) is 10.4. The highest BCUT2D eigenvalue weighted by atomic mass is 79.9. The van der Waals surface area contributed by atoms with Crippen molar-refractivity contribution in [2.45, 2.75) is 6.54 Å². The van der Waals surface area contributed by atoms with Gasteiger partial charge in [-0.2, -0.15) is 0 Å². The van der Waals surface area contributed by atoms with Crippen LogP contribution in [0, 0.1) is 5.82 Å². The number of hydrogen-bond donors (Lipinski definition) is 1. The van der Waals surface area contributed by atoms with Crippen molar-refractivity contribution < 1.29 is 4.39 Å². The number of halogens is 4. The van der Waals surface area contributed by atoms with Crippen LogP contribution in [0.3, 0.4) is 0 Å². The molecule has 18 heavy (non-hydrogen) atoms. The first-order chi connectivity index (χ1) is 8.56. The van der Waals surface area contributed by atoms with Crippen LogP contribution in [0.5, 0.6) is 0 Å². The van der Waals surface area contributed by atoms with Crippen molar-refractivity contribution in [3.05, 3.63) is 62.3 Å². The Hall–Kier alpha value is -0.770. The number of anilines is 1. The average molecular weight is 349 g/mol. The molecule has 0 unspecified atom stereocenters. The highest BCUT2D eigenvalue weighted by Crippen LogP contribution is 2.25. The Bertz CT molecular complexity index is 575. The summed E-state index contributed by atoms with van der Waals surface area (Å²) in [5.41, 5.74) is 1.69. The largest absolute Gasteiger partial charge is 0.380 e. The zero-order chi connectivity index (χ0) is 13.1. The standard InChI is InChI=1S/C13H9BrCl2FN/c14-11-3-1-9(15)5-8(11)7-18-13-4-2-10(17)6-12(13)16/h1-6,18H,7H2. The minimum Gasteiger partial charge on any atom is -0.380 e. The van der Waals surface area contributed by atoms with E-state index in [2.05, 4.69) is 21.2 Å². The van der Waals surface area contributed by atoms with Crippen molar-refractivity contribution in [3.8, 4) is 0 Å². The summed E-state index contributed by atoms with van der Waals surface area (Å²) >= 11 is 15.3. The average Bonchev–Trinajstić information content (AvgIpc) is 2.32. The zero-order valence-corrected chi connectivity index (χ0v) is 12.3. The Kier molecular flexibility index (Phi) is 4.49. The molecule has 94 valence electrons. The van der Waals surface area contributed by atoms with E-state index < -0.39 is 0 Å². The van der Waals surface area contributed by atoms with Gasteiger partial charge in [-0.25, -0.2) is 4.39 Å². The molecule has 0 atom stereocenters. The van der Waals surface area contributed by atoms with Crippen LogP contribution in [-0.4, -0.2) is 0 Å². The molecule has 0 fully saturated rings. The van der Waals surface area contributed by atoms with Crippen LogP contribution in [0.25, 0.3) is 0 Å². The molecule has 0 spiro atoms. The number of benzene rings is 2. The molecule has 0 amide bonds. The first-order valence-electron chi connectivity index (χ1n) is 5.19. The van der Waals surface area contributed by atoms with Crippen LogP contribution < -0.4 is 5.32 Å². The fraction of sp³-hybridized carbons (Fsp3) is 0.0769. The Morgan fingerprint density at radius 3 is 2.61 bits per heavy atom. The van der Waals surface area contributed by atoms with Crippen LogP contribution in [-0.2, 0) is 6.54 Å². The highest BCUT2D eigenvalue weighted by molar-refractivity contribution is 9.10. The predicted molar refractivity (Wildman–Crippen MR) is 77.9 cm³/mol. The van der Waals surface area contributed by atoms with Gasteiger partial charge in [-0.3, -0.25) is 0 Å². The zero-order valence-electron chi connectivity index (χ0n) is 9.18. The lowest BCUT2D eigenvalue weighted by molar-refractivity contribution is 0.628. The molecule has 0 aliphatic carbocycles. The van der Waals surface area contributed by atoms with Gasteiger partial charge in [0.15, 0.2) is 0 Å². The van der Waals surface area contributed by atoms with Crippen molar-refractivity contribution in [2.75, 3.05) is 5.32 Å². The van der Waals surface area contributed by atoms with E-state index in [1.165, 1.54) is 12.1 Å². The van der Waals surface area contributed by atoms with Crippen LogP contribution in [0.1, 0.15) is 5.56 Å². The Morgan fingerprint density at radius 2 is 1.89 bits per heavy atom. The highest BCUT2D eigenvalue weighted by Gasteiger charge is 2.04. The molecule has 0 radical (unpaired) electrons. The van der Waals surface area contributed by atoms with Crippen molar-refractivity contribution in [2.24, 2.45) is 0 Å². The second-order valence-electron chi connectivity index (χ2n) is 3.71. The third-order valence-corrected chi connectivity index (χ3v) is 3.73. The number of hydrogen-bond acceptors (Lipinski definition) is 1. The van der Waals surface area contributed by atoms with E-state index in [-0.39, 0.29) is 5.82 Å². The van der Waals surface area contributed by atoms with Crippen molar-refractivity contribution in [3.63, 3.8) is 0 Å². The molecular formula is C13H9BrCl2FN. The molecule has 2 aromatic rings. The molecule has 0 saturated carbocycles. The third-order valence-electron chi connectivity index (χ3n) is 2.41. The van der Waals surface area contributed by atoms with Crippen LogP contribution >= 0.6 is 39.1 Å². The first kappa shape index (κ1) is 13.7. The van der Waals surface area contributed by atoms with Crippen molar-refractivity contribution in [1.29, 1.82) is 0 Å². The summed E-state index contributed by atoms with van der Waals surface area (Å²) in [7, 11) is 0. The number of rotatable bonds is 3. The van der Waals surface area contributed by atoms with Gasteiger partial charge < -0.3 is 5.32 Å². The van der Waals surface area contributed by atoms with Crippen LogP contribution in [0.15, 0.2) is 40.9 Å². The summed E-state index contributed by atoms with van der Waals surface area (Å²) in [4.78, 5) is 0. The summed E-state index contributed by atoms with van der Waals surface area (Å²) in [5, 5.41) is 4.16. The van der Waals surface area contributed by atoms with Gasteiger partial charge in [0.2, 0.25) is 0 Å². The molecule has 0 aliphatic heterocycles. The lowest BCUT2D eigenvalue weighted by Gasteiger charge is -2.10. The third kappa shape index (κ3) is 3.37.